The first kappa shape index (κ1) is 13.6. The molecule has 0 atom stereocenters. The molecule has 104 valence electrons. The monoisotopic (exact) mass is 265 g/mol. The third-order valence-electron chi connectivity index (χ3n) is 4.28. The van der Waals surface area contributed by atoms with Crippen molar-refractivity contribution >= 4 is 11.9 Å². The van der Waals surface area contributed by atoms with E-state index in [1.54, 1.807) is 4.90 Å². The van der Waals surface area contributed by atoms with Gasteiger partial charge >= 0.3 is 5.97 Å². The number of carbonyl (C=O) groups excluding carboxylic acids is 1. The summed E-state index contributed by atoms with van der Waals surface area (Å²) in [6.45, 7) is 5.73. The molecule has 0 spiro atoms. The van der Waals surface area contributed by atoms with E-state index in [4.69, 9.17) is 9.52 Å². The Hall–Kier alpha value is -1.78. The van der Waals surface area contributed by atoms with Crippen LogP contribution in [0.1, 0.15) is 54.0 Å². The van der Waals surface area contributed by atoms with Gasteiger partial charge in [0.2, 0.25) is 0 Å². The standard InChI is InChI=1S/C14H19NO4/c1-3-14(4-2)5-6-15(9-14)12(16)11-7-10(8-19-11)13(17)18/h7-8H,3-6,9H2,1-2H3,(H,17,18). The lowest BCUT2D eigenvalue weighted by Gasteiger charge is -2.25. The highest BCUT2D eigenvalue weighted by molar-refractivity contribution is 5.95. The van der Waals surface area contributed by atoms with Crippen molar-refractivity contribution in [2.75, 3.05) is 13.1 Å². The lowest BCUT2D eigenvalue weighted by atomic mass is 9.82. The van der Waals surface area contributed by atoms with Crippen LogP contribution in [0.15, 0.2) is 16.7 Å². The predicted molar refractivity (Wildman–Crippen MR) is 69.2 cm³/mol. The third kappa shape index (κ3) is 2.50. The lowest BCUT2D eigenvalue weighted by Crippen LogP contribution is -2.31. The van der Waals surface area contributed by atoms with Gasteiger partial charge in [0.25, 0.3) is 5.91 Å². The number of carboxylic acids is 1. The SMILES string of the molecule is CCC1(CC)CCN(C(=O)c2cc(C(=O)O)co2)C1. The molecule has 1 fully saturated rings. The van der Waals surface area contributed by atoms with Gasteiger partial charge in [-0.05, 0) is 24.7 Å². The number of nitrogens with zero attached hydrogens (tertiary/aromatic N) is 1. The van der Waals surface area contributed by atoms with Gasteiger partial charge in [-0.2, -0.15) is 0 Å². The Bertz CT molecular complexity index is 487. The van der Waals surface area contributed by atoms with Gasteiger partial charge in [-0.15, -0.1) is 0 Å². The number of amides is 1. The molecule has 2 rings (SSSR count). The molecule has 19 heavy (non-hydrogen) atoms. The second-order valence-electron chi connectivity index (χ2n) is 5.19. The average Bonchev–Trinajstić information content (AvgIpc) is 3.05. The van der Waals surface area contributed by atoms with Crippen LogP contribution in [0.4, 0.5) is 0 Å². The molecule has 2 heterocycles. The van der Waals surface area contributed by atoms with E-state index < -0.39 is 5.97 Å². The number of aromatic carboxylic acids is 1. The van der Waals surface area contributed by atoms with E-state index in [1.165, 1.54) is 6.07 Å². The number of carbonyl (C=O) groups is 2. The van der Waals surface area contributed by atoms with Gasteiger partial charge in [0, 0.05) is 19.2 Å². The highest BCUT2D eigenvalue weighted by Crippen LogP contribution is 2.37. The normalized spacial score (nSPS) is 17.7. The number of hydrogen-bond donors (Lipinski definition) is 1. The maximum absolute atomic E-state index is 12.2. The maximum Gasteiger partial charge on any atom is 0.338 e. The summed E-state index contributed by atoms with van der Waals surface area (Å²) >= 11 is 0. The van der Waals surface area contributed by atoms with Crippen LogP contribution in [0, 0.1) is 5.41 Å². The van der Waals surface area contributed by atoms with Crippen molar-refractivity contribution in [1.29, 1.82) is 0 Å². The summed E-state index contributed by atoms with van der Waals surface area (Å²) < 4.78 is 5.06. The zero-order valence-corrected chi connectivity index (χ0v) is 11.3. The minimum atomic E-state index is -1.08. The second kappa shape index (κ2) is 5.07. The zero-order valence-electron chi connectivity index (χ0n) is 11.3. The number of likely N-dealkylation sites (tertiary alicyclic amines) is 1. The van der Waals surface area contributed by atoms with Gasteiger partial charge in [-0.25, -0.2) is 4.79 Å². The number of rotatable bonds is 4. The van der Waals surface area contributed by atoms with Crippen molar-refractivity contribution in [2.45, 2.75) is 33.1 Å². The Morgan fingerprint density at radius 2 is 2.11 bits per heavy atom. The van der Waals surface area contributed by atoms with Crippen LogP contribution >= 0.6 is 0 Å². The molecule has 1 aromatic rings. The highest BCUT2D eigenvalue weighted by Gasteiger charge is 2.38. The molecular weight excluding hydrogens is 246 g/mol. The Kier molecular flexibility index (Phi) is 3.64. The fraction of sp³-hybridized carbons (Fsp3) is 0.571. The summed E-state index contributed by atoms with van der Waals surface area (Å²) in [6.07, 6.45) is 4.20. The third-order valence-corrected chi connectivity index (χ3v) is 4.28. The summed E-state index contributed by atoms with van der Waals surface area (Å²) in [4.78, 5) is 24.8. The van der Waals surface area contributed by atoms with Crippen molar-refractivity contribution in [2.24, 2.45) is 5.41 Å². The summed E-state index contributed by atoms with van der Waals surface area (Å²) in [6, 6.07) is 1.29. The van der Waals surface area contributed by atoms with E-state index in [0.29, 0.717) is 6.54 Å². The minimum Gasteiger partial charge on any atom is -0.478 e. The summed E-state index contributed by atoms with van der Waals surface area (Å²) in [5, 5.41) is 8.82. The summed E-state index contributed by atoms with van der Waals surface area (Å²) in [5.41, 5.74) is 0.220. The molecule has 0 aliphatic carbocycles. The van der Waals surface area contributed by atoms with Gasteiger partial charge in [0.05, 0.1) is 5.56 Å². The molecular formula is C14H19NO4. The minimum absolute atomic E-state index is 0.0137. The molecule has 1 aromatic heterocycles. The van der Waals surface area contributed by atoms with Gasteiger partial charge in [-0.3, -0.25) is 4.79 Å². The van der Waals surface area contributed by atoms with E-state index in [1.807, 2.05) is 0 Å². The average molecular weight is 265 g/mol. The molecule has 1 aliphatic rings. The molecule has 0 radical (unpaired) electrons. The van der Waals surface area contributed by atoms with E-state index >= 15 is 0 Å². The van der Waals surface area contributed by atoms with E-state index in [2.05, 4.69) is 13.8 Å². The van der Waals surface area contributed by atoms with Gasteiger partial charge in [0.15, 0.2) is 5.76 Å². The molecule has 0 saturated carbocycles. The molecule has 0 unspecified atom stereocenters. The van der Waals surface area contributed by atoms with Crippen LogP contribution in [0.5, 0.6) is 0 Å². The summed E-state index contributed by atoms with van der Waals surface area (Å²) in [7, 11) is 0. The lowest BCUT2D eigenvalue weighted by molar-refractivity contribution is 0.0694. The topological polar surface area (TPSA) is 70.8 Å². The molecule has 1 N–H and O–H groups in total. The predicted octanol–water partition coefficient (Wildman–Crippen LogP) is 2.63. The molecule has 1 amide bonds. The molecule has 1 aliphatic heterocycles. The fourth-order valence-corrected chi connectivity index (χ4v) is 2.65. The molecule has 1 saturated heterocycles. The van der Waals surface area contributed by atoms with E-state index in [9.17, 15) is 9.59 Å². The largest absolute Gasteiger partial charge is 0.478 e. The van der Waals surface area contributed by atoms with E-state index in [0.717, 1.165) is 32.1 Å². The maximum atomic E-state index is 12.2. The van der Waals surface area contributed by atoms with Gasteiger partial charge in [-0.1, -0.05) is 13.8 Å². The first-order valence-corrected chi connectivity index (χ1v) is 6.62. The quantitative estimate of drug-likeness (QED) is 0.908. The number of hydrogen-bond acceptors (Lipinski definition) is 3. The van der Waals surface area contributed by atoms with Crippen molar-refractivity contribution in [1.82, 2.24) is 4.90 Å². The Balaban J connectivity index is 2.10. The smallest absolute Gasteiger partial charge is 0.338 e. The molecule has 5 heteroatoms. The van der Waals surface area contributed by atoms with Crippen molar-refractivity contribution < 1.29 is 19.1 Å². The first-order chi connectivity index (χ1) is 9.01. The zero-order chi connectivity index (χ0) is 14.0. The van der Waals surface area contributed by atoms with Crippen LogP contribution in [0.25, 0.3) is 0 Å². The Morgan fingerprint density at radius 1 is 1.42 bits per heavy atom. The van der Waals surface area contributed by atoms with Crippen molar-refractivity contribution in [3.63, 3.8) is 0 Å². The number of furan rings is 1. The van der Waals surface area contributed by atoms with Crippen molar-refractivity contribution in [3.05, 3.63) is 23.7 Å². The molecule has 0 aromatic carbocycles. The highest BCUT2D eigenvalue weighted by atomic mass is 16.4. The van der Waals surface area contributed by atoms with Gasteiger partial charge < -0.3 is 14.4 Å². The van der Waals surface area contributed by atoms with E-state index in [-0.39, 0.29) is 22.6 Å². The summed E-state index contributed by atoms with van der Waals surface area (Å²) in [5.74, 6) is -1.18. The molecule has 0 bridgehead atoms. The van der Waals surface area contributed by atoms with Crippen LogP contribution < -0.4 is 0 Å². The van der Waals surface area contributed by atoms with Crippen LogP contribution in [0.3, 0.4) is 0 Å². The first-order valence-electron chi connectivity index (χ1n) is 6.62. The Labute approximate surface area is 112 Å². The second-order valence-corrected chi connectivity index (χ2v) is 5.19. The van der Waals surface area contributed by atoms with Crippen LogP contribution in [0.2, 0.25) is 0 Å². The van der Waals surface area contributed by atoms with Gasteiger partial charge in [0.1, 0.15) is 6.26 Å². The van der Waals surface area contributed by atoms with Crippen LogP contribution in [-0.4, -0.2) is 35.0 Å². The van der Waals surface area contributed by atoms with Crippen LogP contribution in [-0.2, 0) is 0 Å². The van der Waals surface area contributed by atoms with Crippen molar-refractivity contribution in [3.8, 4) is 0 Å². The molecule has 5 nitrogen and oxygen atoms in total. The Morgan fingerprint density at radius 3 is 2.58 bits per heavy atom. The fourth-order valence-electron chi connectivity index (χ4n) is 2.65. The number of carboxylic acid groups (broad SMARTS) is 1.